The van der Waals surface area contributed by atoms with Crippen molar-refractivity contribution in [2.75, 3.05) is 6.54 Å². The molecule has 1 unspecified atom stereocenters. The molecule has 0 saturated carbocycles. The van der Waals surface area contributed by atoms with Crippen LogP contribution in [0.1, 0.15) is 43.5 Å². The maximum atomic E-state index is 12.0. The Bertz CT molecular complexity index is 502. The number of thiophene rings is 1. The minimum absolute atomic E-state index is 0.156. The number of carbonyl (C=O) groups excluding carboxylic acids is 1. The largest absolute Gasteiger partial charge is 0.481 e. The summed E-state index contributed by atoms with van der Waals surface area (Å²) in [4.78, 5) is 22.6. The molecule has 1 aromatic heterocycles. The van der Waals surface area contributed by atoms with Gasteiger partial charge in [-0.25, -0.2) is 0 Å². The van der Waals surface area contributed by atoms with Crippen LogP contribution in [0.2, 0.25) is 8.67 Å². The lowest BCUT2D eigenvalue weighted by molar-refractivity contribution is -0.137. The van der Waals surface area contributed by atoms with Crippen LogP contribution in [0.4, 0.5) is 0 Å². The van der Waals surface area contributed by atoms with Crippen LogP contribution in [0.5, 0.6) is 0 Å². The summed E-state index contributed by atoms with van der Waals surface area (Å²) in [6, 6.07) is 1.55. The molecule has 1 aromatic rings. The molecule has 0 aliphatic heterocycles. The second kappa shape index (κ2) is 8.61. The van der Waals surface area contributed by atoms with Gasteiger partial charge in [-0.15, -0.1) is 11.3 Å². The lowest BCUT2D eigenvalue weighted by atomic mass is 9.88. The molecular formula is C14H19Cl2NO3S. The molecule has 0 bridgehead atoms. The van der Waals surface area contributed by atoms with Gasteiger partial charge in [0.2, 0.25) is 0 Å². The van der Waals surface area contributed by atoms with Crippen molar-refractivity contribution in [3.05, 3.63) is 20.3 Å². The van der Waals surface area contributed by atoms with Crippen LogP contribution >= 0.6 is 34.5 Å². The van der Waals surface area contributed by atoms with Crippen LogP contribution < -0.4 is 5.32 Å². The molecule has 0 fully saturated rings. The average Bonchev–Trinajstić information content (AvgIpc) is 2.71. The summed E-state index contributed by atoms with van der Waals surface area (Å²) in [6.07, 6.45) is 1.52. The molecule has 21 heavy (non-hydrogen) atoms. The van der Waals surface area contributed by atoms with Gasteiger partial charge in [0.15, 0.2) is 0 Å². The summed E-state index contributed by atoms with van der Waals surface area (Å²) in [5.41, 5.74) is 0.387. The lowest BCUT2D eigenvalue weighted by Crippen LogP contribution is -2.27. The zero-order valence-corrected chi connectivity index (χ0v) is 14.3. The highest BCUT2D eigenvalue weighted by Crippen LogP contribution is 2.31. The second-order valence-electron chi connectivity index (χ2n) is 5.22. The Morgan fingerprint density at radius 1 is 1.33 bits per heavy atom. The van der Waals surface area contributed by atoms with Gasteiger partial charge >= 0.3 is 5.97 Å². The highest BCUT2D eigenvalue weighted by molar-refractivity contribution is 7.20. The van der Waals surface area contributed by atoms with E-state index in [0.717, 1.165) is 17.8 Å². The summed E-state index contributed by atoms with van der Waals surface area (Å²) in [5, 5.41) is 11.5. The molecule has 0 radical (unpaired) electrons. The van der Waals surface area contributed by atoms with Crippen molar-refractivity contribution < 1.29 is 14.7 Å². The van der Waals surface area contributed by atoms with E-state index in [1.807, 2.05) is 0 Å². The number of rotatable bonds is 8. The summed E-state index contributed by atoms with van der Waals surface area (Å²) < 4.78 is 0.857. The Labute approximate surface area is 138 Å². The molecule has 1 amide bonds. The van der Waals surface area contributed by atoms with Gasteiger partial charge in [0.1, 0.15) is 4.34 Å². The zero-order valence-electron chi connectivity index (χ0n) is 12.0. The number of hydrogen-bond donors (Lipinski definition) is 2. The number of aliphatic carboxylic acids is 1. The highest BCUT2D eigenvalue weighted by Gasteiger charge is 2.17. The first kappa shape index (κ1) is 18.3. The van der Waals surface area contributed by atoms with Crippen LogP contribution in [0.25, 0.3) is 0 Å². The van der Waals surface area contributed by atoms with Gasteiger partial charge in [0.05, 0.1) is 9.90 Å². The Morgan fingerprint density at radius 3 is 2.48 bits per heavy atom. The number of amides is 1. The van der Waals surface area contributed by atoms with E-state index in [4.69, 9.17) is 28.3 Å². The molecule has 0 aliphatic carbocycles. The van der Waals surface area contributed by atoms with E-state index in [0.29, 0.717) is 33.1 Å². The zero-order chi connectivity index (χ0) is 16.0. The molecule has 0 aromatic carbocycles. The number of nitrogens with one attached hydrogen (secondary N) is 1. The van der Waals surface area contributed by atoms with Gasteiger partial charge in [-0.2, -0.15) is 0 Å². The van der Waals surface area contributed by atoms with Crippen LogP contribution in [-0.2, 0) is 4.79 Å². The molecule has 1 atom stereocenters. The van der Waals surface area contributed by atoms with E-state index in [-0.39, 0.29) is 18.2 Å². The molecule has 0 saturated heterocycles. The topological polar surface area (TPSA) is 66.4 Å². The van der Waals surface area contributed by atoms with Crippen LogP contribution in [-0.4, -0.2) is 23.5 Å². The highest BCUT2D eigenvalue weighted by atomic mass is 35.5. The van der Waals surface area contributed by atoms with E-state index in [2.05, 4.69) is 19.2 Å². The Morgan fingerprint density at radius 2 is 2.00 bits per heavy atom. The molecule has 4 nitrogen and oxygen atoms in total. The number of carbonyl (C=O) groups is 2. The number of hydrogen-bond acceptors (Lipinski definition) is 3. The van der Waals surface area contributed by atoms with Crippen molar-refractivity contribution >= 4 is 46.4 Å². The minimum atomic E-state index is -0.788. The minimum Gasteiger partial charge on any atom is -0.481 e. The van der Waals surface area contributed by atoms with Crippen molar-refractivity contribution in [3.63, 3.8) is 0 Å². The number of halogens is 2. The SMILES string of the molecule is CC(C)C(CCNC(=O)c1cc(Cl)sc1Cl)CCC(=O)O. The Balaban J connectivity index is 2.44. The van der Waals surface area contributed by atoms with Gasteiger partial charge in [0, 0.05) is 13.0 Å². The first-order chi connectivity index (χ1) is 9.81. The molecule has 0 aliphatic rings. The van der Waals surface area contributed by atoms with Gasteiger partial charge in [-0.05, 0) is 30.7 Å². The fourth-order valence-corrected chi connectivity index (χ4v) is 3.54. The molecule has 1 rings (SSSR count). The molecule has 7 heteroatoms. The smallest absolute Gasteiger partial charge is 0.303 e. The predicted molar refractivity (Wildman–Crippen MR) is 86.5 cm³/mol. The average molecular weight is 352 g/mol. The van der Waals surface area contributed by atoms with Gasteiger partial charge in [-0.1, -0.05) is 37.0 Å². The van der Waals surface area contributed by atoms with E-state index >= 15 is 0 Å². The third-order valence-electron chi connectivity index (χ3n) is 3.37. The first-order valence-corrected chi connectivity index (χ1v) is 8.33. The van der Waals surface area contributed by atoms with Crippen LogP contribution in [0.3, 0.4) is 0 Å². The third-order valence-corrected chi connectivity index (χ3v) is 4.86. The quantitative estimate of drug-likeness (QED) is 0.733. The Hall–Kier alpha value is -0.780. The second-order valence-corrected chi connectivity index (χ2v) is 7.50. The van der Waals surface area contributed by atoms with E-state index in [9.17, 15) is 9.59 Å². The summed E-state index contributed by atoms with van der Waals surface area (Å²) >= 11 is 12.9. The first-order valence-electron chi connectivity index (χ1n) is 6.76. The van der Waals surface area contributed by atoms with Gasteiger partial charge < -0.3 is 10.4 Å². The normalized spacial score (nSPS) is 12.4. The molecule has 1 heterocycles. The van der Waals surface area contributed by atoms with Crippen LogP contribution in [0, 0.1) is 11.8 Å². The lowest BCUT2D eigenvalue weighted by Gasteiger charge is -2.20. The van der Waals surface area contributed by atoms with Crippen molar-refractivity contribution in [3.8, 4) is 0 Å². The van der Waals surface area contributed by atoms with Crippen LogP contribution in [0.15, 0.2) is 6.07 Å². The van der Waals surface area contributed by atoms with Gasteiger partial charge in [0.25, 0.3) is 5.91 Å². The van der Waals surface area contributed by atoms with Crippen molar-refractivity contribution in [2.45, 2.75) is 33.1 Å². The van der Waals surface area contributed by atoms with Crippen molar-refractivity contribution in [2.24, 2.45) is 11.8 Å². The van der Waals surface area contributed by atoms with Crippen molar-refractivity contribution in [1.82, 2.24) is 5.32 Å². The fourth-order valence-electron chi connectivity index (χ4n) is 2.08. The number of carboxylic acids is 1. The van der Waals surface area contributed by atoms with E-state index < -0.39 is 5.97 Å². The monoisotopic (exact) mass is 351 g/mol. The van der Waals surface area contributed by atoms with E-state index in [1.165, 1.54) is 0 Å². The van der Waals surface area contributed by atoms with E-state index in [1.54, 1.807) is 6.07 Å². The molecular weight excluding hydrogens is 333 g/mol. The Kier molecular flexibility index (Phi) is 7.49. The summed E-state index contributed by atoms with van der Waals surface area (Å²) in [7, 11) is 0. The maximum absolute atomic E-state index is 12.0. The van der Waals surface area contributed by atoms with Gasteiger partial charge in [-0.3, -0.25) is 9.59 Å². The fraction of sp³-hybridized carbons (Fsp3) is 0.571. The summed E-state index contributed by atoms with van der Waals surface area (Å²) in [5.74, 6) is -0.392. The molecule has 2 N–H and O–H groups in total. The van der Waals surface area contributed by atoms with Crippen molar-refractivity contribution in [1.29, 1.82) is 0 Å². The maximum Gasteiger partial charge on any atom is 0.303 e. The molecule has 0 spiro atoms. The third kappa shape index (κ3) is 6.24. The summed E-state index contributed by atoms with van der Waals surface area (Å²) in [6.45, 7) is 4.61. The molecule has 118 valence electrons. The number of carboxylic acid groups (broad SMARTS) is 1. The standard InChI is InChI=1S/C14H19Cl2NO3S/c1-8(2)9(3-4-12(18)19)5-6-17-14(20)10-7-11(15)21-13(10)16/h7-9H,3-6H2,1-2H3,(H,17,20)(H,18,19). The predicted octanol–water partition coefficient (Wildman–Crippen LogP) is 4.31.